The van der Waals surface area contributed by atoms with Crippen LogP contribution in [0.3, 0.4) is 0 Å². The normalized spacial score (nSPS) is 10.0. The van der Waals surface area contributed by atoms with E-state index >= 15 is 0 Å². The number of hydrogen-bond acceptors (Lipinski definition) is 4. The number of carbonyl (C=O) groups excluding carboxylic acids is 1. The highest BCUT2D eigenvalue weighted by atomic mass is 16.1. The number of carbonyl (C=O) groups is 1. The fourth-order valence-electron chi connectivity index (χ4n) is 1.83. The molecule has 0 aliphatic rings. The van der Waals surface area contributed by atoms with Crippen molar-refractivity contribution in [2.24, 2.45) is 0 Å². The van der Waals surface area contributed by atoms with Gasteiger partial charge in [-0.3, -0.25) is 9.78 Å². The first-order valence-corrected chi connectivity index (χ1v) is 6.82. The van der Waals surface area contributed by atoms with Crippen LogP contribution >= 0.6 is 0 Å². The van der Waals surface area contributed by atoms with Gasteiger partial charge in [-0.15, -0.1) is 0 Å². The van der Waals surface area contributed by atoms with Crippen LogP contribution in [0.15, 0.2) is 48.8 Å². The lowest BCUT2D eigenvalue weighted by Crippen LogP contribution is -2.29. The van der Waals surface area contributed by atoms with Crippen LogP contribution in [0.4, 0.5) is 11.4 Å². The third-order valence-electron chi connectivity index (χ3n) is 3.05. The van der Waals surface area contributed by atoms with E-state index in [4.69, 9.17) is 0 Å². The maximum Gasteiger partial charge on any atom is 0.239 e. The molecule has 0 saturated heterocycles. The summed E-state index contributed by atoms with van der Waals surface area (Å²) in [5.74, 6) is -0.0458. The predicted octanol–water partition coefficient (Wildman–Crippen LogP) is 1.88. The first-order chi connectivity index (χ1) is 10.1. The third-order valence-corrected chi connectivity index (χ3v) is 3.05. The quantitative estimate of drug-likeness (QED) is 0.850. The second-order valence-electron chi connectivity index (χ2n) is 4.93. The van der Waals surface area contributed by atoms with Gasteiger partial charge in [0.05, 0.1) is 6.54 Å². The summed E-state index contributed by atoms with van der Waals surface area (Å²) in [6.07, 6.45) is 3.46. The van der Waals surface area contributed by atoms with E-state index < -0.39 is 0 Å². The summed E-state index contributed by atoms with van der Waals surface area (Å²) < 4.78 is 0. The number of rotatable bonds is 6. The van der Waals surface area contributed by atoms with Crippen molar-refractivity contribution in [3.8, 4) is 0 Å². The van der Waals surface area contributed by atoms with Gasteiger partial charge in [-0.1, -0.05) is 6.07 Å². The summed E-state index contributed by atoms with van der Waals surface area (Å²) in [6.45, 7) is 0.746. The Bertz CT molecular complexity index is 567. The minimum atomic E-state index is -0.0458. The van der Waals surface area contributed by atoms with Gasteiger partial charge < -0.3 is 15.5 Å². The van der Waals surface area contributed by atoms with Crippen molar-refractivity contribution in [2.45, 2.75) is 6.54 Å². The zero-order valence-electron chi connectivity index (χ0n) is 12.3. The molecule has 1 aromatic heterocycles. The van der Waals surface area contributed by atoms with Crippen LogP contribution in [0.25, 0.3) is 0 Å². The van der Waals surface area contributed by atoms with Gasteiger partial charge in [0.2, 0.25) is 5.91 Å². The highest BCUT2D eigenvalue weighted by Crippen LogP contribution is 2.15. The summed E-state index contributed by atoms with van der Waals surface area (Å²) in [7, 11) is 3.99. The average Bonchev–Trinajstić information content (AvgIpc) is 2.52. The van der Waals surface area contributed by atoms with E-state index in [2.05, 4.69) is 15.6 Å². The molecule has 0 fully saturated rings. The summed E-state index contributed by atoms with van der Waals surface area (Å²) in [6, 6.07) is 11.7. The Hall–Kier alpha value is -2.56. The maximum absolute atomic E-state index is 11.8. The first kappa shape index (κ1) is 14.8. The van der Waals surface area contributed by atoms with Crippen LogP contribution in [0.5, 0.6) is 0 Å². The van der Waals surface area contributed by atoms with Crippen molar-refractivity contribution in [1.29, 1.82) is 0 Å². The molecule has 1 heterocycles. The molecule has 1 amide bonds. The Balaban J connectivity index is 1.76. The van der Waals surface area contributed by atoms with Crippen molar-refractivity contribution < 1.29 is 4.79 Å². The Kier molecular flexibility index (Phi) is 5.15. The van der Waals surface area contributed by atoms with Gasteiger partial charge in [0.15, 0.2) is 0 Å². The van der Waals surface area contributed by atoms with Crippen LogP contribution in [0.1, 0.15) is 5.56 Å². The van der Waals surface area contributed by atoms with Crippen LogP contribution in [0.2, 0.25) is 0 Å². The smallest absolute Gasteiger partial charge is 0.239 e. The predicted molar refractivity (Wildman–Crippen MR) is 85.3 cm³/mol. The molecule has 21 heavy (non-hydrogen) atoms. The minimum absolute atomic E-state index is 0.0458. The van der Waals surface area contributed by atoms with E-state index in [0.717, 1.165) is 16.9 Å². The molecule has 0 saturated carbocycles. The molecule has 0 unspecified atom stereocenters. The molecule has 0 atom stereocenters. The number of nitrogens with zero attached hydrogens (tertiary/aromatic N) is 2. The van der Waals surface area contributed by atoms with E-state index in [0.29, 0.717) is 6.54 Å². The van der Waals surface area contributed by atoms with Gasteiger partial charge in [0.25, 0.3) is 0 Å². The highest BCUT2D eigenvalue weighted by Gasteiger charge is 2.02. The van der Waals surface area contributed by atoms with Gasteiger partial charge in [0, 0.05) is 44.4 Å². The molecule has 0 aliphatic heterocycles. The molecular formula is C16H20N4O. The van der Waals surface area contributed by atoms with Gasteiger partial charge in [-0.2, -0.15) is 0 Å². The van der Waals surface area contributed by atoms with Crippen molar-refractivity contribution >= 4 is 17.3 Å². The van der Waals surface area contributed by atoms with Gasteiger partial charge in [-0.25, -0.2) is 0 Å². The summed E-state index contributed by atoms with van der Waals surface area (Å²) in [5.41, 5.74) is 3.04. The number of benzene rings is 1. The molecule has 0 spiro atoms. The maximum atomic E-state index is 11.8. The molecule has 0 aliphatic carbocycles. The average molecular weight is 284 g/mol. The number of nitrogens with one attached hydrogen (secondary N) is 2. The van der Waals surface area contributed by atoms with Gasteiger partial charge in [-0.05, 0) is 35.9 Å². The van der Waals surface area contributed by atoms with Gasteiger partial charge >= 0.3 is 0 Å². The lowest BCUT2D eigenvalue weighted by atomic mass is 10.2. The highest BCUT2D eigenvalue weighted by molar-refractivity contribution is 5.80. The fourth-order valence-corrected chi connectivity index (χ4v) is 1.83. The number of amides is 1. The number of aromatic nitrogens is 1. The largest absolute Gasteiger partial charge is 0.378 e. The fraction of sp³-hybridized carbons (Fsp3) is 0.250. The van der Waals surface area contributed by atoms with Crippen LogP contribution < -0.4 is 15.5 Å². The Morgan fingerprint density at radius 1 is 1.19 bits per heavy atom. The molecular weight excluding hydrogens is 264 g/mol. The van der Waals surface area contributed by atoms with E-state index in [9.17, 15) is 4.79 Å². The zero-order valence-corrected chi connectivity index (χ0v) is 12.3. The summed E-state index contributed by atoms with van der Waals surface area (Å²) in [4.78, 5) is 17.8. The molecule has 1 aromatic carbocycles. The number of anilines is 2. The lowest BCUT2D eigenvalue weighted by Gasteiger charge is -2.13. The molecule has 2 rings (SSSR count). The van der Waals surface area contributed by atoms with Gasteiger partial charge in [0.1, 0.15) is 0 Å². The van der Waals surface area contributed by atoms with Crippen molar-refractivity contribution in [3.05, 3.63) is 54.4 Å². The van der Waals surface area contributed by atoms with Crippen molar-refractivity contribution in [3.63, 3.8) is 0 Å². The second-order valence-corrected chi connectivity index (χ2v) is 4.93. The summed E-state index contributed by atoms with van der Waals surface area (Å²) >= 11 is 0. The van der Waals surface area contributed by atoms with E-state index in [1.165, 1.54) is 0 Å². The standard InChI is InChI=1S/C16H20N4O/c1-20(2)15-7-5-14(6-8-15)18-12-16(21)19-11-13-4-3-9-17-10-13/h3-10,18H,11-12H2,1-2H3,(H,19,21). The molecule has 0 radical (unpaired) electrons. The number of hydrogen-bond donors (Lipinski definition) is 2. The third kappa shape index (κ3) is 4.80. The second kappa shape index (κ2) is 7.28. The lowest BCUT2D eigenvalue weighted by molar-refractivity contribution is -0.119. The van der Waals surface area contributed by atoms with Crippen LogP contribution in [0, 0.1) is 0 Å². The number of pyridine rings is 1. The molecule has 2 aromatic rings. The molecule has 2 N–H and O–H groups in total. The Morgan fingerprint density at radius 3 is 2.57 bits per heavy atom. The van der Waals surface area contributed by atoms with Crippen LogP contribution in [-0.2, 0) is 11.3 Å². The van der Waals surface area contributed by atoms with Crippen LogP contribution in [-0.4, -0.2) is 31.5 Å². The van der Waals surface area contributed by atoms with Crippen molar-refractivity contribution in [2.75, 3.05) is 30.9 Å². The Labute approximate surface area is 125 Å². The minimum Gasteiger partial charge on any atom is -0.378 e. The van der Waals surface area contributed by atoms with E-state index in [-0.39, 0.29) is 12.5 Å². The SMILES string of the molecule is CN(C)c1ccc(NCC(=O)NCc2cccnc2)cc1. The molecule has 5 nitrogen and oxygen atoms in total. The monoisotopic (exact) mass is 284 g/mol. The Morgan fingerprint density at radius 2 is 1.95 bits per heavy atom. The summed E-state index contributed by atoms with van der Waals surface area (Å²) in [5, 5.41) is 5.95. The zero-order chi connectivity index (χ0) is 15.1. The van der Waals surface area contributed by atoms with E-state index in [1.807, 2.05) is 55.4 Å². The molecule has 0 bridgehead atoms. The molecule has 110 valence electrons. The van der Waals surface area contributed by atoms with Crippen molar-refractivity contribution in [1.82, 2.24) is 10.3 Å². The molecule has 5 heteroatoms. The topological polar surface area (TPSA) is 57.3 Å². The van der Waals surface area contributed by atoms with E-state index in [1.54, 1.807) is 12.4 Å². The first-order valence-electron chi connectivity index (χ1n) is 6.82.